The molecule has 2 rings (SSSR count). The van der Waals surface area contributed by atoms with Crippen molar-refractivity contribution in [3.05, 3.63) is 65.0 Å². The molecule has 0 bridgehead atoms. The van der Waals surface area contributed by atoms with E-state index in [1.807, 2.05) is 43.1 Å². The monoisotopic (exact) mass is 288 g/mol. The van der Waals surface area contributed by atoms with Crippen LogP contribution in [0, 0.1) is 12.7 Å². The predicted molar refractivity (Wildman–Crippen MR) is 85.6 cm³/mol. The lowest BCUT2D eigenvalue weighted by molar-refractivity contribution is 0.624. The average molecular weight is 288 g/mol. The van der Waals surface area contributed by atoms with Crippen LogP contribution in [0.25, 0.3) is 0 Å². The molecule has 2 aromatic rings. The van der Waals surface area contributed by atoms with Crippen LogP contribution >= 0.6 is 12.2 Å². The molecule has 0 saturated carbocycles. The number of thiocarbonyl (C=S) groups is 1. The molecule has 4 heteroatoms. The zero-order valence-electron chi connectivity index (χ0n) is 11.6. The van der Waals surface area contributed by atoms with E-state index in [1.54, 1.807) is 6.07 Å². The van der Waals surface area contributed by atoms with Crippen molar-refractivity contribution < 1.29 is 4.39 Å². The van der Waals surface area contributed by atoms with Crippen molar-refractivity contribution in [2.75, 3.05) is 11.9 Å². The van der Waals surface area contributed by atoms with E-state index < -0.39 is 0 Å². The number of halogens is 1. The molecule has 20 heavy (non-hydrogen) atoms. The molecular weight excluding hydrogens is 271 g/mol. The molecule has 0 fully saturated rings. The van der Waals surface area contributed by atoms with Gasteiger partial charge in [-0.2, -0.15) is 0 Å². The second kappa shape index (κ2) is 6.01. The van der Waals surface area contributed by atoms with E-state index in [-0.39, 0.29) is 10.8 Å². The number of hydrogen-bond donors (Lipinski definition) is 1. The Morgan fingerprint density at radius 2 is 1.95 bits per heavy atom. The highest BCUT2D eigenvalue weighted by Crippen LogP contribution is 2.23. The Hall–Kier alpha value is -1.94. The molecule has 0 unspecified atom stereocenters. The number of rotatable bonds is 4. The summed E-state index contributed by atoms with van der Waals surface area (Å²) in [4.78, 5) is 2.03. The van der Waals surface area contributed by atoms with Crippen LogP contribution in [-0.4, -0.2) is 12.0 Å². The lowest BCUT2D eigenvalue weighted by Crippen LogP contribution is -2.22. The summed E-state index contributed by atoms with van der Waals surface area (Å²) in [6.07, 6.45) is 0. The molecule has 0 radical (unpaired) electrons. The standard InChI is InChI=1S/C16H17FN2S/c1-11-5-3-6-12(9-11)10-19(2)14-8-4-7-13(17)15(14)16(18)20/h3-9H,10H2,1-2H3,(H2,18,20). The molecule has 0 atom stereocenters. The number of benzene rings is 2. The minimum absolute atomic E-state index is 0.0780. The molecule has 2 nitrogen and oxygen atoms in total. The molecule has 0 aromatic heterocycles. The van der Waals surface area contributed by atoms with Gasteiger partial charge in [0.2, 0.25) is 0 Å². The van der Waals surface area contributed by atoms with Gasteiger partial charge in [0.05, 0.1) is 5.56 Å². The molecule has 0 heterocycles. The molecular formula is C16H17FN2S. The van der Waals surface area contributed by atoms with E-state index in [4.69, 9.17) is 18.0 Å². The summed E-state index contributed by atoms with van der Waals surface area (Å²) in [7, 11) is 1.90. The summed E-state index contributed by atoms with van der Waals surface area (Å²) in [5.41, 5.74) is 9.00. The first kappa shape index (κ1) is 14.5. The Morgan fingerprint density at radius 3 is 2.60 bits per heavy atom. The highest BCUT2D eigenvalue weighted by atomic mass is 32.1. The summed E-state index contributed by atoms with van der Waals surface area (Å²) in [6, 6.07) is 13.1. The second-order valence-electron chi connectivity index (χ2n) is 4.84. The van der Waals surface area contributed by atoms with Crippen molar-refractivity contribution in [2.24, 2.45) is 5.73 Å². The maximum atomic E-state index is 13.9. The summed E-state index contributed by atoms with van der Waals surface area (Å²) >= 11 is 4.95. The van der Waals surface area contributed by atoms with Gasteiger partial charge < -0.3 is 10.6 Å². The highest BCUT2D eigenvalue weighted by molar-refractivity contribution is 7.80. The van der Waals surface area contributed by atoms with Crippen LogP contribution in [0.1, 0.15) is 16.7 Å². The van der Waals surface area contributed by atoms with Crippen molar-refractivity contribution in [2.45, 2.75) is 13.5 Å². The lowest BCUT2D eigenvalue weighted by Gasteiger charge is -2.22. The molecule has 0 saturated heterocycles. The van der Waals surface area contributed by atoms with Crippen LogP contribution in [0.3, 0.4) is 0 Å². The first-order valence-electron chi connectivity index (χ1n) is 6.34. The van der Waals surface area contributed by atoms with E-state index in [0.29, 0.717) is 17.8 Å². The number of nitrogens with two attached hydrogens (primary N) is 1. The predicted octanol–water partition coefficient (Wildman–Crippen LogP) is 3.40. The first-order chi connectivity index (χ1) is 9.49. The average Bonchev–Trinajstić information content (AvgIpc) is 2.37. The smallest absolute Gasteiger partial charge is 0.135 e. The summed E-state index contributed by atoms with van der Waals surface area (Å²) in [5.74, 6) is -0.383. The van der Waals surface area contributed by atoms with E-state index in [0.717, 1.165) is 5.56 Å². The van der Waals surface area contributed by atoms with Crippen molar-refractivity contribution in [1.29, 1.82) is 0 Å². The molecule has 2 aromatic carbocycles. The third kappa shape index (κ3) is 3.14. The first-order valence-corrected chi connectivity index (χ1v) is 6.75. The topological polar surface area (TPSA) is 29.3 Å². The van der Waals surface area contributed by atoms with Gasteiger partial charge in [-0.25, -0.2) is 4.39 Å². The van der Waals surface area contributed by atoms with Crippen LogP contribution < -0.4 is 10.6 Å². The molecule has 0 aliphatic rings. The van der Waals surface area contributed by atoms with Gasteiger partial charge in [0.1, 0.15) is 10.8 Å². The summed E-state index contributed by atoms with van der Waals surface area (Å²) in [6.45, 7) is 2.72. The molecule has 0 spiro atoms. The van der Waals surface area contributed by atoms with Gasteiger partial charge in [0.15, 0.2) is 0 Å². The Balaban J connectivity index is 2.32. The van der Waals surface area contributed by atoms with Crippen LogP contribution in [0.4, 0.5) is 10.1 Å². The van der Waals surface area contributed by atoms with Crippen molar-refractivity contribution in [3.8, 4) is 0 Å². The van der Waals surface area contributed by atoms with Gasteiger partial charge in [0.25, 0.3) is 0 Å². The Bertz CT molecular complexity index is 640. The number of hydrogen-bond acceptors (Lipinski definition) is 2. The number of aryl methyl sites for hydroxylation is 1. The maximum Gasteiger partial charge on any atom is 0.135 e. The van der Waals surface area contributed by atoms with E-state index in [9.17, 15) is 4.39 Å². The van der Waals surface area contributed by atoms with Crippen molar-refractivity contribution in [1.82, 2.24) is 0 Å². The fourth-order valence-electron chi connectivity index (χ4n) is 2.24. The van der Waals surface area contributed by atoms with Gasteiger partial charge >= 0.3 is 0 Å². The summed E-state index contributed by atoms with van der Waals surface area (Å²) in [5, 5.41) is 0. The normalized spacial score (nSPS) is 10.3. The quantitative estimate of drug-likeness (QED) is 0.874. The van der Waals surface area contributed by atoms with Gasteiger partial charge in [-0.15, -0.1) is 0 Å². The second-order valence-corrected chi connectivity index (χ2v) is 5.28. The van der Waals surface area contributed by atoms with Gasteiger partial charge in [-0.3, -0.25) is 0 Å². The lowest BCUT2D eigenvalue weighted by atomic mass is 10.1. The Kier molecular flexibility index (Phi) is 4.35. The molecule has 0 aliphatic carbocycles. The largest absolute Gasteiger partial charge is 0.389 e. The van der Waals surface area contributed by atoms with Gasteiger partial charge in [-0.1, -0.05) is 48.1 Å². The molecule has 0 amide bonds. The van der Waals surface area contributed by atoms with Gasteiger partial charge in [-0.05, 0) is 24.6 Å². The van der Waals surface area contributed by atoms with Crippen LogP contribution in [0.15, 0.2) is 42.5 Å². The minimum atomic E-state index is -0.383. The fraction of sp³-hybridized carbons (Fsp3) is 0.188. The Labute approximate surface area is 124 Å². The van der Waals surface area contributed by atoms with Crippen molar-refractivity contribution in [3.63, 3.8) is 0 Å². The van der Waals surface area contributed by atoms with E-state index in [2.05, 4.69) is 6.07 Å². The third-order valence-corrected chi connectivity index (χ3v) is 3.36. The van der Waals surface area contributed by atoms with Crippen LogP contribution in [0.5, 0.6) is 0 Å². The van der Waals surface area contributed by atoms with Crippen LogP contribution in [0.2, 0.25) is 0 Å². The fourth-order valence-corrected chi connectivity index (χ4v) is 2.45. The molecule has 0 aliphatic heterocycles. The van der Waals surface area contributed by atoms with Crippen LogP contribution in [-0.2, 0) is 6.54 Å². The number of nitrogens with zero attached hydrogens (tertiary/aromatic N) is 1. The Morgan fingerprint density at radius 1 is 1.25 bits per heavy atom. The molecule has 2 N–H and O–H groups in total. The van der Waals surface area contributed by atoms with Crippen molar-refractivity contribution >= 4 is 22.9 Å². The zero-order chi connectivity index (χ0) is 14.7. The summed E-state index contributed by atoms with van der Waals surface area (Å²) < 4.78 is 13.9. The van der Waals surface area contributed by atoms with Gasteiger partial charge in [0, 0.05) is 19.3 Å². The number of anilines is 1. The SMILES string of the molecule is Cc1cccc(CN(C)c2cccc(F)c2C(N)=S)c1. The van der Waals surface area contributed by atoms with E-state index in [1.165, 1.54) is 11.6 Å². The highest BCUT2D eigenvalue weighted by Gasteiger charge is 2.14. The zero-order valence-corrected chi connectivity index (χ0v) is 12.4. The molecule has 104 valence electrons. The van der Waals surface area contributed by atoms with E-state index >= 15 is 0 Å². The third-order valence-electron chi connectivity index (χ3n) is 3.15. The maximum absolute atomic E-state index is 13.9. The minimum Gasteiger partial charge on any atom is -0.389 e.